The zero-order valence-corrected chi connectivity index (χ0v) is 19.9. The van der Waals surface area contributed by atoms with Crippen LogP contribution in [-0.4, -0.2) is 87.8 Å². The Labute approximate surface area is 194 Å². The van der Waals surface area contributed by atoms with Crippen LogP contribution in [0.1, 0.15) is 59.8 Å². The molecular weight excluding hydrogens is 430 g/mol. The van der Waals surface area contributed by atoms with Gasteiger partial charge in [-0.1, -0.05) is 13.8 Å². The summed E-state index contributed by atoms with van der Waals surface area (Å²) in [6.07, 6.45) is 2.45. The van der Waals surface area contributed by atoms with Crippen molar-refractivity contribution in [1.29, 1.82) is 0 Å². The third-order valence-electron chi connectivity index (χ3n) is 6.12. The van der Waals surface area contributed by atoms with Crippen LogP contribution < -0.4 is 16.4 Å². The summed E-state index contributed by atoms with van der Waals surface area (Å²) >= 11 is 0. The molecule has 2 heterocycles. The molecule has 0 aromatic heterocycles. The van der Waals surface area contributed by atoms with Gasteiger partial charge in [0.05, 0.1) is 6.04 Å². The molecule has 2 aliphatic heterocycles. The van der Waals surface area contributed by atoms with Gasteiger partial charge in [0, 0.05) is 13.1 Å². The minimum Gasteiger partial charge on any atom is -0.480 e. The molecule has 2 saturated heterocycles. The maximum absolute atomic E-state index is 13.3. The van der Waals surface area contributed by atoms with E-state index in [2.05, 4.69) is 10.6 Å². The number of nitrogens with two attached hydrogens (primary N) is 1. The molecule has 5 atom stereocenters. The van der Waals surface area contributed by atoms with Crippen LogP contribution in [0.2, 0.25) is 0 Å². The number of carbonyl (C=O) groups excluding carboxylic acids is 4. The number of nitrogens with zero attached hydrogens (tertiary/aromatic N) is 2. The molecule has 0 unspecified atom stereocenters. The van der Waals surface area contributed by atoms with Crippen LogP contribution in [0.15, 0.2) is 0 Å². The molecule has 11 heteroatoms. The Morgan fingerprint density at radius 3 is 1.97 bits per heavy atom. The summed E-state index contributed by atoms with van der Waals surface area (Å²) in [5, 5.41) is 14.7. The summed E-state index contributed by atoms with van der Waals surface area (Å²) in [6, 6.07) is -4.12. The predicted octanol–water partition coefficient (Wildman–Crippen LogP) is -0.564. The highest BCUT2D eigenvalue weighted by molar-refractivity contribution is 5.95. The van der Waals surface area contributed by atoms with Gasteiger partial charge >= 0.3 is 5.97 Å². The highest BCUT2D eigenvalue weighted by Crippen LogP contribution is 2.22. The number of hydrogen-bond donors (Lipinski definition) is 4. The van der Waals surface area contributed by atoms with Crippen LogP contribution >= 0.6 is 0 Å². The molecule has 0 saturated carbocycles. The normalized spacial score (nSPS) is 23.2. The van der Waals surface area contributed by atoms with Crippen molar-refractivity contribution >= 4 is 29.6 Å². The molecule has 4 amide bonds. The Bertz CT molecular complexity index is 770. The van der Waals surface area contributed by atoms with E-state index < -0.39 is 53.9 Å². The summed E-state index contributed by atoms with van der Waals surface area (Å²) in [5.74, 6) is -2.63. The average Bonchev–Trinajstić information content (AvgIpc) is 3.41. The van der Waals surface area contributed by atoms with Crippen LogP contribution in [-0.2, 0) is 24.0 Å². The second-order valence-electron chi connectivity index (χ2n) is 9.43. The quantitative estimate of drug-likeness (QED) is 0.353. The van der Waals surface area contributed by atoms with Gasteiger partial charge in [-0.05, 0) is 51.9 Å². The number of carbonyl (C=O) groups is 5. The Kier molecular flexibility index (Phi) is 9.21. The average molecular weight is 468 g/mol. The Balaban J connectivity index is 2.06. The second kappa shape index (κ2) is 11.4. The molecule has 33 heavy (non-hydrogen) atoms. The lowest BCUT2D eigenvalue weighted by molar-refractivity contribution is -0.149. The summed E-state index contributed by atoms with van der Waals surface area (Å²) in [4.78, 5) is 65.2. The molecule has 186 valence electrons. The maximum atomic E-state index is 13.3. The summed E-state index contributed by atoms with van der Waals surface area (Å²) < 4.78 is 0. The number of carboxylic acids is 1. The Hall–Kier alpha value is -2.69. The van der Waals surface area contributed by atoms with Crippen LogP contribution in [0.5, 0.6) is 0 Å². The van der Waals surface area contributed by atoms with E-state index in [1.54, 1.807) is 0 Å². The molecule has 0 bridgehead atoms. The largest absolute Gasteiger partial charge is 0.480 e. The van der Waals surface area contributed by atoms with E-state index in [1.807, 2.05) is 13.8 Å². The van der Waals surface area contributed by atoms with E-state index in [0.29, 0.717) is 45.2 Å². The fourth-order valence-corrected chi connectivity index (χ4v) is 4.41. The Morgan fingerprint density at radius 1 is 0.909 bits per heavy atom. The molecule has 0 radical (unpaired) electrons. The van der Waals surface area contributed by atoms with Gasteiger partial charge in [-0.3, -0.25) is 19.2 Å². The third kappa shape index (κ3) is 6.66. The molecule has 5 N–H and O–H groups in total. The van der Waals surface area contributed by atoms with Crippen molar-refractivity contribution in [3.8, 4) is 0 Å². The van der Waals surface area contributed by atoms with Crippen molar-refractivity contribution in [1.82, 2.24) is 20.4 Å². The topological polar surface area (TPSA) is 162 Å². The molecule has 0 aliphatic carbocycles. The number of amides is 4. The summed E-state index contributed by atoms with van der Waals surface area (Å²) in [6.45, 7) is 7.62. The smallest absolute Gasteiger partial charge is 0.326 e. The van der Waals surface area contributed by atoms with Gasteiger partial charge in [-0.15, -0.1) is 0 Å². The minimum absolute atomic E-state index is 0.127. The van der Waals surface area contributed by atoms with Crippen molar-refractivity contribution < 1.29 is 29.1 Å². The van der Waals surface area contributed by atoms with Crippen molar-refractivity contribution in [3.05, 3.63) is 0 Å². The van der Waals surface area contributed by atoms with Crippen LogP contribution in [0, 0.1) is 5.92 Å². The lowest BCUT2D eigenvalue weighted by atomic mass is 10.0. The van der Waals surface area contributed by atoms with E-state index in [-0.39, 0.29) is 11.8 Å². The monoisotopic (exact) mass is 467 g/mol. The molecule has 2 rings (SSSR count). The van der Waals surface area contributed by atoms with Gasteiger partial charge < -0.3 is 31.3 Å². The van der Waals surface area contributed by atoms with Crippen LogP contribution in [0.3, 0.4) is 0 Å². The SMILES string of the molecule is CC(C)C[C@H](NC(=O)[C@H](C)N)C(=O)N1CCC[C@H]1C(=O)N[C@@H](C)C(=O)N1CCC[C@H]1C(=O)O. The van der Waals surface area contributed by atoms with Gasteiger partial charge in [0.1, 0.15) is 24.2 Å². The van der Waals surface area contributed by atoms with Gasteiger partial charge in [-0.2, -0.15) is 0 Å². The van der Waals surface area contributed by atoms with Gasteiger partial charge in [0.25, 0.3) is 0 Å². The molecule has 0 aromatic carbocycles. The summed E-state index contributed by atoms with van der Waals surface area (Å²) in [7, 11) is 0. The van der Waals surface area contributed by atoms with Gasteiger partial charge in [-0.25, -0.2) is 4.79 Å². The van der Waals surface area contributed by atoms with E-state index >= 15 is 0 Å². The standard InChI is InChI=1S/C22H37N5O6/c1-12(2)11-15(25-18(28)13(3)23)21(31)26-9-5-7-16(26)19(29)24-14(4)20(30)27-10-6-8-17(27)22(32)33/h12-17H,5-11,23H2,1-4H3,(H,24,29)(H,25,28)(H,32,33)/t13-,14-,15-,16-,17-/m0/s1. The number of hydrogen-bond acceptors (Lipinski definition) is 6. The van der Waals surface area contributed by atoms with Gasteiger partial charge in [0.2, 0.25) is 23.6 Å². The number of rotatable bonds is 9. The van der Waals surface area contributed by atoms with E-state index in [9.17, 15) is 29.1 Å². The lowest BCUT2D eigenvalue weighted by Gasteiger charge is -2.31. The second-order valence-corrected chi connectivity index (χ2v) is 9.43. The Morgan fingerprint density at radius 2 is 1.45 bits per heavy atom. The van der Waals surface area contributed by atoms with E-state index in [4.69, 9.17) is 5.73 Å². The zero-order valence-electron chi connectivity index (χ0n) is 19.9. The molecule has 11 nitrogen and oxygen atoms in total. The van der Waals surface area contributed by atoms with Gasteiger partial charge in [0.15, 0.2) is 0 Å². The van der Waals surface area contributed by atoms with Crippen molar-refractivity contribution in [2.45, 2.75) is 90.0 Å². The fourth-order valence-electron chi connectivity index (χ4n) is 4.41. The molecular formula is C22H37N5O6. The van der Waals surface area contributed by atoms with Crippen molar-refractivity contribution in [2.75, 3.05) is 13.1 Å². The first-order valence-electron chi connectivity index (χ1n) is 11.6. The fraction of sp³-hybridized carbons (Fsp3) is 0.773. The first kappa shape index (κ1) is 26.6. The number of nitrogens with one attached hydrogen (secondary N) is 2. The molecule has 2 fully saturated rings. The highest BCUT2D eigenvalue weighted by atomic mass is 16.4. The lowest BCUT2D eigenvalue weighted by Crippen LogP contribution is -2.57. The zero-order chi connectivity index (χ0) is 24.9. The maximum Gasteiger partial charge on any atom is 0.326 e. The number of likely N-dealkylation sites (tertiary alicyclic amines) is 2. The molecule has 2 aliphatic rings. The highest BCUT2D eigenvalue weighted by Gasteiger charge is 2.40. The first-order chi connectivity index (χ1) is 15.4. The van der Waals surface area contributed by atoms with Crippen molar-refractivity contribution in [2.24, 2.45) is 11.7 Å². The first-order valence-corrected chi connectivity index (χ1v) is 11.6. The van der Waals surface area contributed by atoms with E-state index in [0.717, 1.165) is 0 Å². The third-order valence-corrected chi connectivity index (χ3v) is 6.12. The minimum atomic E-state index is -1.06. The van der Waals surface area contributed by atoms with E-state index in [1.165, 1.54) is 23.6 Å². The summed E-state index contributed by atoms with van der Waals surface area (Å²) in [5.41, 5.74) is 5.63. The predicted molar refractivity (Wildman–Crippen MR) is 120 cm³/mol. The van der Waals surface area contributed by atoms with Crippen LogP contribution in [0.4, 0.5) is 0 Å². The molecule has 0 aromatic rings. The number of aliphatic carboxylic acids is 1. The van der Waals surface area contributed by atoms with Crippen molar-refractivity contribution in [3.63, 3.8) is 0 Å². The number of carboxylic acid groups (broad SMARTS) is 1. The molecule has 0 spiro atoms. The van der Waals surface area contributed by atoms with Crippen LogP contribution in [0.25, 0.3) is 0 Å².